The first-order valence-electron chi connectivity index (χ1n) is 22.0. The fourth-order valence-electron chi connectivity index (χ4n) is 10.1. The number of hydrogen-bond acceptors (Lipinski definition) is 8. The molecule has 2 aromatic heterocycles. The number of aromatic amines is 2. The highest BCUT2D eigenvalue weighted by molar-refractivity contribution is 5.87. The first kappa shape index (κ1) is 42.1. The molecule has 4 aliphatic rings. The van der Waals surface area contributed by atoms with Gasteiger partial charge in [-0.05, 0) is 110 Å². The summed E-state index contributed by atoms with van der Waals surface area (Å²) in [6, 6.07) is 15.4. The summed E-state index contributed by atoms with van der Waals surface area (Å²) in [6.07, 6.45) is 8.49. The minimum atomic E-state index is -0.696. The number of carbonyl (C=O) groups is 4. The molecule has 3 saturated heterocycles. The molecule has 4 aromatic rings. The van der Waals surface area contributed by atoms with Gasteiger partial charge in [-0.2, -0.15) is 0 Å². The van der Waals surface area contributed by atoms with E-state index in [9.17, 15) is 19.2 Å². The van der Waals surface area contributed by atoms with Crippen LogP contribution in [0.2, 0.25) is 0 Å². The van der Waals surface area contributed by atoms with E-state index in [4.69, 9.17) is 19.2 Å². The maximum atomic E-state index is 14.1. The number of H-pyrrole nitrogens is 2. The van der Waals surface area contributed by atoms with Crippen LogP contribution < -0.4 is 10.6 Å². The van der Waals surface area contributed by atoms with Gasteiger partial charge in [0.25, 0.3) is 0 Å². The van der Waals surface area contributed by atoms with Crippen molar-refractivity contribution in [1.29, 1.82) is 0 Å². The lowest BCUT2D eigenvalue weighted by molar-refractivity contribution is -0.137. The van der Waals surface area contributed by atoms with Gasteiger partial charge in [-0.3, -0.25) is 9.59 Å². The molecular weight excluding hydrogens is 775 g/mol. The Bertz CT molecular complexity index is 2210. The zero-order valence-corrected chi connectivity index (χ0v) is 35.9. The maximum absolute atomic E-state index is 14.1. The second-order valence-electron chi connectivity index (χ2n) is 17.4. The first-order valence-corrected chi connectivity index (χ1v) is 22.0. The maximum Gasteiger partial charge on any atom is 0.407 e. The minimum absolute atomic E-state index is 0.0124. The molecule has 0 radical (unpaired) electrons. The molecule has 4 N–H and O–H groups in total. The molecule has 1 aliphatic carbocycles. The number of fused-ring (bicyclic) bond motifs is 1. The van der Waals surface area contributed by atoms with Crippen LogP contribution in [0.15, 0.2) is 54.7 Å². The number of alkyl carbamates (subject to hydrolysis) is 2. The van der Waals surface area contributed by atoms with Crippen LogP contribution in [0.1, 0.15) is 100 Å². The molecule has 6 atom stereocenters. The van der Waals surface area contributed by atoms with Crippen LogP contribution in [0.25, 0.3) is 33.6 Å². The van der Waals surface area contributed by atoms with Crippen molar-refractivity contribution in [3.05, 3.63) is 77.4 Å². The Morgan fingerprint density at radius 2 is 1.36 bits per heavy atom. The molecule has 14 nitrogen and oxygen atoms in total. The van der Waals surface area contributed by atoms with Crippen molar-refractivity contribution in [2.75, 3.05) is 33.9 Å². The zero-order valence-electron chi connectivity index (χ0n) is 35.9. The number of benzene rings is 2. The predicted molar refractivity (Wildman–Crippen MR) is 230 cm³/mol. The lowest BCUT2D eigenvalue weighted by Crippen LogP contribution is -2.53. The fraction of sp³-hybridized carbons (Fsp3) is 0.511. The quantitative estimate of drug-likeness (QED) is 0.121. The van der Waals surface area contributed by atoms with Gasteiger partial charge in [0.2, 0.25) is 11.8 Å². The van der Waals surface area contributed by atoms with Crippen molar-refractivity contribution in [2.24, 2.45) is 11.8 Å². The van der Waals surface area contributed by atoms with Gasteiger partial charge in [0.1, 0.15) is 17.9 Å². The van der Waals surface area contributed by atoms with Gasteiger partial charge in [-0.25, -0.2) is 14.6 Å². The summed E-state index contributed by atoms with van der Waals surface area (Å²) in [4.78, 5) is 68.3. The van der Waals surface area contributed by atoms with Crippen molar-refractivity contribution in [1.82, 2.24) is 35.4 Å². The molecular formula is C47H59N7O7. The summed E-state index contributed by atoms with van der Waals surface area (Å²) in [5.74, 6) is 0.429. The van der Waals surface area contributed by atoms with E-state index in [1.54, 1.807) is 0 Å². The summed E-state index contributed by atoms with van der Waals surface area (Å²) in [5.41, 5.74) is 10.1. The Labute approximate surface area is 357 Å². The van der Waals surface area contributed by atoms with Gasteiger partial charge in [-0.15, -0.1) is 0 Å². The van der Waals surface area contributed by atoms with Crippen molar-refractivity contribution in [3.63, 3.8) is 0 Å². The van der Waals surface area contributed by atoms with Crippen molar-refractivity contribution in [2.45, 2.75) is 109 Å². The van der Waals surface area contributed by atoms with Crippen LogP contribution in [-0.4, -0.2) is 101 Å². The van der Waals surface area contributed by atoms with Gasteiger partial charge < -0.3 is 44.6 Å². The topological polar surface area (TPSA) is 171 Å². The largest absolute Gasteiger partial charge is 0.453 e. The molecule has 0 bridgehead atoms. The van der Waals surface area contributed by atoms with Crippen LogP contribution in [0.4, 0.5) is 9.59 Å². The van der Waals surface area contributed by atoms with E-state index in [1.807, 2.05) is 36.8 Å². The van der Waals surface area contributed by atoms with Crippen molar-refractivity contribution < 1.29 is 33.4 Å². The lowest BCUT2D eigenvalue weighted by atomic mass is 9.88. The Kier molecular flexibility index (Phi) is 12.5. The standard InChI is InChI=1S/C47H59N7O7/c1-27(2)39(51-46(57)59-4)44(55)53-22-7-11-37(53)42-35-10-6-9-34(35)40(50-42)32-19-15-30(16-20-32)29-13-17-31(18-14-29)36-26-48-43(49-36)38-12-8-23-54(38)45(56)41(52-47(58)60-5)33-21-24-61-28(3)25-33/h13-20,26-28,33,37-39,41,50H,6-12,21-25H2,1-5H3,(H,48,49)(H,51,57)(H,52,58)/t28?,33?,37?,38-,39-,41?/m0/s1. The summed E-state index contributed by atoms with van der Waals surface area (Å²) >= 11 is 0. The van der Waals surface area contributed by atoms with Crippen LogP contribution in [-0.2, 0) is 36.6 Å². The van der Waals surface area contributed by atoms with Crippen molar-refractivity contribution in [3.8, 4) is 33.6 Å². The lowest BCUT2D eigenvalue weighted by Gasteiger charge is -2.36. The van der Waals surface area contributed by atoms with Crippen LogP contribution >= 0.6 is 0 Å². The molecule has 3 aliphatic heterocycles. The second kappa shape index (κ2) is 18.2. The summed E-state index contributed by atoms with van der Waals surface area (Å²) < 4.78 is 15.5. The van der Waals surface area contributed by atoms with E-state index in [2.05, 4.69) is 69.1 Å². The third-order valence-corrected chi connectivity index (χ3v) is 13.2. The molecule has 8 rings (SSSR count). The third-order valence-electron chi connectivity index (χ3n) is 13.2. The Morgan fingerprint density at radius 3 is 2.02 bits per heavy atom. The molecule has 5 heterocycles. The van der Waals surface area contributed by atoms with Crippen LogP contribution in [0.5, 0.6) is 0 Å². The van der Waals surface area contributed by atoms with E-state index in [0.717, 1.165) is 90.1 Å². The fourth-order valence-corrected chi connectivity index (χ4v) is 10.1. The molecule has 0 saturated carbocycles. The predicted octanol–water partition coefficient (Wildman–Crippen LogP) is 7.47. The summed E-state index contributed by atoms with van der Waals surface area (Å²) in [7, 11) is 2.63. The number of methoxy groups -OCH3 is 2. The van der Waals surface area contributed by atoms with Crippen molar-refractivity contribution >= 4 is 24.0 Å². The van der Waals surface area contributed by atoms with E-state index in [1.165, 1.54) is 25.3 Å². The molecule has 4 unspecified atom stereocenters. The molecule has 0 spiro atoms. The normalized spacial score (nSPS) is 22.2. The van der Waals surface area contributed by atoms with E-state index in [0.29, 0.717) is 32.5 Å². The van der Waals surface area contributed by atoms with E-state index in [-0.39, 0.29) is 41.8 Å². The number of ether oxygens (including phenoxy) is 3. The highest BCUT2D eigenvalue weighted by atomic mass is 16.5. The third kappa shape index (κ3) is 8.64. The number of amides is 4. The molecule has 3 fully saturated rings. The number of hydrogen-bond donors (Lipinski definition) is 4. The minimum Gasteiger partial charge on any atom is -0.453 e. The first-order chi connectivity index (χ1) is 29.5. The number of nitrogens with zero attached hydrogens (tertiary/aromatic N) is 3. The SMILES string of the molecule is COC(=O)NC(C(=O)N1CCC[C@H]1c1ncc(-c2ccc(-c3ccc(-c4[nH]c(C5CCCN5C(=O)[C@@H](NC(=O)OC)C(C)C)c5c4CCC5)cc3)cc2)[nH]1)C1CCOC(C)C1. The van der Waals surface area contributed by atoms with E-state index >= 15 is 0 Å². The summed E-state index contributed by atoms with van der Waals surface area (Å²) in [6.45, 7) is 7.68. The Morgan fingerprint density at radius 1 is 0.754 bits per heavy atom. The number of likely N-dealkylation sites (tertiary alicyclic amines) is 2. The smallest absolute Gasteiger partial charge is 0.407 e. The number of carbonyl (C=O) groups excluding carboxylic acids is 4. The van der Waals surface area contributed by atoms with Gasteiger partial charge >= 0.3 is 12.2 Å². The number of imidazole rings is 1. The van der Waals surface area contributed by atoms with Gasteiger partial charge in [0.15, 0.2) is 0 Å². The Balaban J connectivity index is 0.957. The van der Waals surface area contributed by atoms with Gasteiger partial charge in [-0.1, -0.05) is 62.4 Å². The molecule has 2 aromatic carbocycles. The van der Waals surface area contributed by atoms with Gasteiger partial charge in [0, 0.05) is 31.1 Å². The monoisotopic (exact) mass is 833 g/mol. The molecule has 14 heteroatoms. The number of nitrogens with one attached hydrogen (secondary N) is 4. The highest BCUT2D eigenvalue weighted by Crippen LogP contribution is 2.43. The second-order valence-corrected chi connectivity index (χ2v) is 17.4. The molecule has 4 amide bonds. The highest BCUT2D eigenvalue weighted by Gasteiger charge is 2.42. The number of aromatic nitrogens is 3. The summed E-state index contributed by atoms with van der Waals surface area (Å²) in [5, 5.41) is 5.61. The van der Waals surface area contributed by atoms with Crippen LogP contribution in [0, 0.1) is 11.8 Å². The Hall–Kier alpha value is -5.63. The average Bonchev–Trinajstić information content (AvgIpc) is 4.13. The molecule has 61 heavy (non-hydrogen) atoms. The van der Waals surface area contributed by atoms with E-state index < -0.39 is 24.3 Å². The molecule has 324 valence electrons. The average molecular weight is 834 g/mol. The zero-order chi connectivity index (χ0) is 42.8. The van der Waals surface area contributed by atoms with Crippen LogP contribution in [0.3, 0.4) is 0 Å². The number of rotatable bonds is 11. The van der Waals surface area contributed by atoms with Gasteiger partial charge in [0.05, 0.1) is 44.3 Å².